The van der Waals surface area contributed by atoms with Crippen molar-refractivity contribution in [2.24, 2.45) is 0 Å². The molecule has 0 radical (unpaired) electrons. The van der Waals surface area contributed by atoms with Gasteiger partial charge in [0.25, 0.3) is 11.8 Å². The lowest BCUT2D eigenvalue weighted by Gasteiger charge is -2.19. The van der Waals surface area contributed by atoms with E-state index in [9.17, 15) is 9.59 Å². The highest BCUT2D eigenvalue weighted by molar-refractivity contribution is 6.05. The Morgan fingerprint density at radius 1 is 0.964 bits per heavy atom. The fourth-order valence-electron chi connectivity index (χ4n) is 2.70. The molecule has 0 spiro atoms. The summed E-state index contributed by atoms with van der Waals surface area (Å²) in [5.41, 5.74) is 1.79. The predicted molar refractivity (Wildman–Crippen MR) is 108 cm³/mol. The zero-order valence-electron chi connectivity index (χ0n) is 15.7. The van der Waals surface area contributed by atoms with Gasteiger partial charge in [0.2, 0.25) is 0 Å². The van der Waals surface area contributed by atoms with Crippen molar-refractivity contribution in [3.8, 4) is 0 Å². The summed E-state index contributed by atoms with van der Waals surface area (Å²) in [6, 6.07) is 22.2. The minimum atomic E-state index is -0.344. The number of hydrogen-bond acceptors (Lipinski definition) is 3. The van der Waals surface area contributed by atoms with Crippen LogP contribution in [0.5, 0.6) is 0 Å². The maximum absolute atomic E-state index is 13.0. The number of benzene rings is 2. The summed E-state index contributed by atoms with van der Waals surface area (Å²) in [6.07, 6.45) is 3.79. The van der Waals surface area contributed by atoms with Gasteiger partial charge in [-0.3, -0.25) is 9.59 Å². The van der Waals surface area contributed by atoms with Gasteiger partial charge in [0.05, 0.1) is 6.26 Å². The van der Waals surface area contributed by atoms with E-state index in [1.165, 1.54) is 6.26 Å². The van der Waals surface area contributed by atoms with Gasteiger partial charge in [-0.1, -0.05) is 48.5 Å². The van der Waals surface area contributed by atoms with Gasteiger partial charge >= 0.3 is 0 Å². The second kappa shape index (κ2) is 9.37. The van der Waals surface area contributed by atoms with Crippen LogP contribution in [-0.2, 0) is 11.2 Å². The van der Waals surface area contributed by atoms with Crippen molar-refractivity contribution >= 4 is 17.9 Å². The molecule has 0 aliphatic heterocycles. The number of likely N-dealkylation sites (N-methyl/N-ethyl adjacent to an activating group) is 1. The van der Waals surface area contributed by atoms with Crippen LogP contribution < -0.4 is 5.32 Å². The van der Waals surface area contributed by atoms with Crippen LogP contribution in [-0.4, -0.2) is 30.3 Å². The van der Waals surface area contributed by atoms with Crippen LogP contribution in [0.15, 0.2) is 89.2 Å². The van der Waals surface area contributed by atoms with Gasteiger partial charge in [-0.15, -0.1) is 0 Å². The molecule has 1 N–H and O–H groups in total. The van der Waals surface area contributed by atoms with Gasteiger partial charge in [-0.2, -0.15) is 0 Å². The molecule has 5 heteroatoms. The topological polar surface area (TPSA) is 62.6 Å². The maximum atomic E-state index is 13.0. The van der Waals surface area contributed by atoms with E-state index in [2.05, 4.69) is 5.32 Å². The molecule has 0 saturated carbocycles. The van der Waals surface area contributed by atoms with E-state index in [0.717, 1.165) is 12.0 Å². The molecule has 3 aromatic rings. The Morgan fingerprint density at radius 3 is 2.29 bits per heavy atom. The lowest BCUT2D eigenvalue weighted by molar-refractivity contribution is -0.126. The van der Waals surface area contributed by atoms with E-state index in [4.69, 9.17) is 4.42 Å². The van der Waals surface area contributed by atoms with Gasteiger partial charge in [-0.25, -0.2) is 0 Å². The van der Waals surface area contributed by atoms with Gasteiger partial charge in [0.15, 0.2) is 0 Å². The molecule has 2 aromatic carbocycles. The molecule has 5 nitrogen and oxygen atoms in total. The van der Waals surface area contributed by atoms with E-state index in [-0.39, 0.29) is 17.5 Å². The Hall–Kier alpha value is -3.60. The van der Waals surface area contributed by atoms with Crippen molar-refractivity contribution < 1.29 is 14.0 Å². The molecule has 3 rings (SSSR count). The molecule has 0 aliphatic carbocycles. The summed E-state index contributed by atoms with van der Waals surface area (Å²) in [6.45, 7) is 0.527. The molecule has 142 valence electrons. The first-order chi connectivity index (χ1) is 13.6. The summed E-state index contributed by atoms with van der Waals surface area (Å²) < 4.78 is 5.31. The average molecular weight is 374 g/mol. The summed E-state index contributed by atoms with van der Waals surface area (Å²) in [7, 11) is 1.72. The number of rotatable bonds is 7. The first kappa shape index (κ1) is 19.2. The summed E-state index contributed by atoms with van der Waals surface area (Å²) >= 11 is 0. The van der Waals surface area contributed by atoms with Gasteiger partial charge < -0.3 is 14.6 Å². The monoisotopic (exact) mass is 374 g/mol. The summed E-state index contributed by atoms with van der Waals surface area (Å²) in [4.78, 5) is 27.1. The highest BCUT2D eigenvalue weighted by Crippen LogP contribution is 2.10. The predicted octanol–water partition coefficient (Wildman–Crippen LogP) is 3.75. The highest BCUT2D eigenvalue weighted by Gasteiger charge is 2.18. The second-order valence-corrected chi connectivity index (χ2v) is 6.36. The molecule has 2 amide bonds. The van der Waals surface area contributed by atoms with E-state index in [1.54, 1.807) is 54.4 Å². The molecule has 1 aromatic heterocycles. The van der Waals surface area contributed by atoms with Crippen LogP contribution >= 0.6 is 0 Å². The maximum Gasteiger partial charge on any atom is 0.270 e. The van der Waals surface area contributed by atoms with Crippen molar-refractivity contribution in [3.63, 3.8) is 0 Å². The second-order valence-electron chi connectivity index (χ2n) is 6.36. The molecule has 0 unspecified atom stereocenters. The third-order valence-electron chi connectivity index (χ3n) is 4.27. The third-order valence-corrected chi connectivity index (χ3v) is 4.27. The van der Waals surface area contributed by atoms with Gasteiger partial charge in [0, 0.05) is 25.2 Å². The standard InChI is InChI=1S/C23H22N2O3/c1-25(15-14-18-9-4-2-5-10-18)23(27)21(17-20-13-8-16-28-20)24-22(26)19-11-6-3-7-12-19/h2-13,16-17H,14-15H2,1H3,(H,24,26). The number of carbonyl (C=O) groups is 2. The fourth-order valence-corrected chi connectivity index (χ4v) is 2.70. The number of nitrogens with zero attached hydrogens (tertiary/aromatic N) is 1. The molecule has 0 atom stereocenters. The van der Waals surface area contributed by atoms with E-state index in [0.29, 0.717) is 17.9 Å². The molecule has 0 bridgehead atoms. The van der Waals surface area contributed by atoms with Crippen molar-refractivity contribution in [1.82, 2.24) is 10.2 Å². The van der Waals surface area contributed by atoms with Gasteiger partial charge in [0.1, 0.15) is 11.5 Å². The SMILES string of the molecule is CN(CCc1ccccc1)C(=O)C(=Cc1ccco1)NC(=O)c1ccccc1. The minimum Gasteiger partial charge on any atom is -0.465 e. The Bertz CT molecular complexity index is 933. The smallest absolute Gasteiger partial charge is 0.270 e. The van der Waals surface area contributed by atoms with Crippen LogP contribution in [0.3, 0.4) is 0 Å². The minimum absolute atomic E-state index is 0.166. The Balaban J connectivity index is 1.74. The zero-order valence-corrected chi connectivity index (χ0v) is 15.7. The first-order valence-electron chi connectivity index (χ1n) is 9.04. The van der Waals surface area contributed by atoms with E-state index in [1.807, 2.05) is 36.4 Å². The van der Waals surface area contributed by atoms with Crippen molar-refractivity contribution in [2.45, 2.75) is 6.42 Å². The summed E-state index contributed by atoms with van der Waals surface area (Å²) in [5, 5.41) is 2.72. The number of amides is 2. The molecular formula is C23H22N2O3. The quantitative estimate of drug-likeness (QED) is 0.641. The fraction of sp³-hybridized carbons (Fsp3) is 0.130. The lowest BCUT2D eigenvalue weighted by atomic mass is 10.1. The molecule has 0 aliphatic rings. The van der Waals surface area contributed by atoms with Crippen LogP contribution in [0.2, 0.25) is 0 Å². The molecule has 28 heavy (non-hydrogen) atoms. The molecule has 0 saturated heterocycles. The first-order valence-corrected chi connectivity index (χ1v) is 9.04. The van der Waals surface area contributed by atoms with Gasteiger partial charge in [-0.05, 0) is 36.2 Å². The largest absolute Gasteiger partial charge is 0.465 e. The zero-order chi connectivity index (χ0) is 19.8. The molecule has 0 fully saturated rings. The van der Waals surface area contributed by atoms with Crippen LogP contribution in [0.1, 0.15) is 21.7 Å². The van der Waals surface area contributed by atoms with Crippen LogP contribution in [0.25, 0.3) is 6.08 Å². The number of carbonyl (C=O) groups excluding carboxylic acids is 2. The van der Waals surface area contributed by atoms with Crippen molar-refractivity contribution in [1.29, 1.82) is 0 Å². The highest BCUT2D eigenvalue weighted by atomic mass is 16.3. The average Bonchev–Trinajstić information content (AvgIpc) is 3.25. The third kappa shape index (κ3) is 5.20. The Morgan fingerprint density at radius 2 is 1.64 bits per heavy atom. The number of furan rings is 1. The van der Waals surface area contributed by atoms with E-state index < -0.39 is 0 Å². The number of nitrogens with one attached hydrogen (secondary N) is 1. The number of hydrogen-bond donors (Lipinski definition) is 1. The van der Waals surface area contributed by atoms with Crippen molar-refractivity contribution in [2.75, 3.05) is 13.6 Å². The normalized spacial score (nSPS) is 11.1. The van der Waals surface area contributed by atoms with Crippen molar-refractivity contribution in [3.05, 3.63) is 102 Å². The Kier molecular flexibility index (Phi) is 6.41. The Labute approximate surface area is 164 Å². The molecular weight excluding hydrogens is 352 g/mol. The summed E-state index contributed by atoms with van der Waals surface area (Å²) in [5.74, 6) is -0.131. The molecule has 1 heterocycles. The van der Waals surface area contributed by atoms with Crippen LogP contribution in [0, 0.1) is 0 Å². The lowest BCUT2D eigenvalue weighted by Crippen LogP contribution is -2.37. The van der Waals surface area contributed by atoms with E-state index >= 15 is 0 Å². The van der Waals surface area contributed by atoms with Crippen LogP contribution in [0.4, 0.5) is 0 Å².